The maximum Gasteiger partial charge on any atom is 0.306 e. The molecule has 0 saturated heterocycles. The zero-order chi connectivity index (χ0) is 57.1. The lowest BCUT2D eigenvalue weighted by Crippen LogP contribution is -2.30. The topological polar surface area (TPSA) is 78.9 Å². The predicted octanol–water partition coefficient (Wildman–Crippen LogP) is 23.9. The molecule has 0 radical (unpaired) electrons. The zero-order valence-corrected chi connectivity index (χ0v) is 52.9. The third-order valence-electron chi connectivity index (χ3n) is 15.5. The van der Waals surface area contributed by atoms with Gasteiger partial charge in [-0.2, -0.15) is 0 Å². The highest BCUT2D eigenvalue weighted by atomic mass is 16.6. The van der Waals surface area contributed by atoms with Crippen molar-refractivity contribution in [3.8, 4) is 0 Å². The molecule has 6 nitrogen and oxygen atoms in total. The highest BCUT2D eigenvalue weighted by Crippen LogP contribution is 2.18. The summed E-state index contributed by atoms with van der Waals surface area (Å²) in [5.74, 6) is -0.859. The minimum Gasteiger partial charge on any atom is -0.462 e. The van der Waals surface area contributed by atoms with E-state index in [1.165, 1.54) is 238 Å². The first kappa shape index (κ1) is 76.1. The summed E-state index contributed by atoms with van der Waals surface area (Å²) in [7, 11) is 0. The SMILES string of the molecule is CC/C=C\C/C=C\C/C=C\C/C=C\CCCCCCCCCCCCCCC(=O)OCC(COC(=O)CCCCCCC/C=C\CCCCCCCC)OC(=O)CCCCCCCCCCCCCCCCCCCCCCC. The van der Waals surface area contributed by atoms with Crippen molar-refractivity contribution >= 4 is 17.9 Å². The van der Waals surface area contributed by atoms with Crippen LogP contribution in [-0.2, 0) is 28.6 Å². The Morgan fingerprint density at radius 1 is 0.266 bits per heavy atom. The van der Waals surface area contributed by atoms with E-state index in [-0.39, 0.29) is 31.1 Å². The average Bonchev–Trinajstić information content (AvgIpc) is 3.45. The van der Waals surface area contributed by atoms with Crippen molar-refractivity contribution in [1.29, 1.82) is 0 Å². The van der Waals surface area contributed by atoms with E-state index in [1.807, 2.05) is 0 Å². The number of hydrogen-bond acceptors (Lipinski definition) is 6. The van der Waals surface area contributed by atoms with Crippen molar-refractivity contribution in [2.75, 3.05) is 13.2 Å². The molecule has 0 amide bonds. The summed E-state index contributed by atoms with van der Waals surface area (Å²) in [5, 5.41) is 0. The highest BCUT2D eigenvalue weighted by Gasteiger charge is 2.19. The van der Waals surface area contributed by atoms with Gasteiger partial charge in [-0.15, -0.1) is 0 Å². The van der Waals surface area contributed by atoms with Crippen LogP contribution < -0.4 is 0 Å². The van der Waals surface area contributed by atoms with Gasteiger partial charge in [0.2, 0.25) is 0 Å². The fourth-order valence-electron chi connectivity index (χ4n) is 10.3. The first-order valence-corrected chi connectivity index (χ1v) is 34.8. The average molecular weight is 1110 g/mol. The third kappa shape index (κ3) is 65.8. The first-order valence-electron chi connectivity index (χ1n) is 34.8. The van der Waals surface area contributed by atoms with Crippen molar-refractivity contribution in [1.82, 2.24) is 0 Å². The van der Waals surface area contributed by atoms with E-state index in [9.17, 15) is 14.4 Å². The molecule has 0 fully saturated rings. The zero-order valence-electron chi connectivity index (χ0n) is 52.9. The summed E-state index contributed by atoms with van der Waals surface area (Å²) in [6, 6.07) is 0. The van der Waals surface area contributed by atoms with Crippen molar-refractivity contribution in [3.05, 3.63) is 60.8 Å². The second-order valence-corrected chi connectivity index (χ2v) is 23.4. The molecule has 6 heteroatoms. The maximum absolute atomic E-state index is 13.0. The van der Waals surface area contributed by atoms with Crippen LogP contribution in [0.4, 0.5) is 0 Å². The van der Waals surface area contributed by atoms with Gasteiger partial charge in [0.15, 0.2) is 6.10 Å². The van der Waals surface area contributed by atoms with Gasteiger partial charge in [-0.3, -0.25) is 14.4 Å². The predicted molar refractivity (Wildman–Crippen MR) is 344 cm³/mol. The molecule has 0 aliphatic heterocycles. The normalized spacial score (nSPS) is 12.4. The van der Waals surface area contributed by atoms with Crippen LogP contribution in [0.2, 0.25) is 0 Å². The van der Waals surface area contributed by atoms with Crippen LogP contribution in [0.15, 0.2) is 60.8 Å². The molecule has 1 atom stereocenters. The summed E-state index contributed by atoms with van der Waals surface area (Å²) < 4.78 is 17.0. The van der Waals surface area contributed by atoms with Crippen LogP contribution in [0.1, 0.15) is 367 Å². The van der Waals surface area contributed by atoms with Gasteiger partial charge in [0.05, 0.1) is 0 Å². The molecule has 0 bridgehead atoms. The molecule has 0 heterocycles. The Morgan fingerprint density at radius 2 is 0.494 bits per heavy atom. The molecule has 1 unspecified atom stereocenters. The second kappa shape index (κ2) is 67.6. The third-order valence-corrected chi connectivity index (χ3v) is 15.5. The maximum atomic E-state index is 13.0. The van der Waals surface area contributed by atoms with Crippen LogP contribution >= 0.6 is 0 Å². The van der Waals surface area contributed by atoms with Crippen LogP contribution in [0, 0.1) is 0 Å². The fraction of sp³-hybridized carbons (Fsp3) is 0.822. The Bertz CT molecular complexity index is 1410. The Hall–Kier alpha value is -2.89. The lowest BCUT2D eigenvalue weighted by atomic mass is 10.0. The monoisotopic (exact) mass is 1110 g/mol. The van der Waals surface area contributed by atoms with E-state index in [2.05, 4.69) is 81.5 Å². The number of esters is 3. The Kier molecular flexibility index (Phi) is 65.1. The van der Waals surface area contributed by atoms with Crippen molar-refractivity contribution < 1.29 is 28.6 Å². The molecular weight excluding hydrogens is 973 g/mol. The smallest absolute Gasteiger partial charge is 0.306 e. The molecule has 460 valence electrons. The Balaban J connectivity index is 4.29. The molecule has 0 spiro atoms. The molecular formula is C73H132O6. The van der Waals surface area contributed by atoms with E-state index in [4.69, 9.17) is 14.2 Å². The molecule has 0 aromatic heterocycles. The lowest BCUT2D eigenvalue weighted by Gasteiger charge is -2.18. The van der Waals surface area contributed by atoms with Crippen LogP contribution in [0.5, 0.6) is 0 Å². The van der Waals surface area contributed by atoms with E-state index in [0.717, 1.165) is 89.9 Å². The van der Waals surface area contributed by atoms with Gasteiger partial charge in [-0.1, -0.05) is 326 Å². The number of hydrogen-bond donors (Lipinski definition) is 0. The lowest BCUT2D eigenvalue weighted by molar-refractivity contribution is -0.167. The standard InChI is InChI=1S/C73H132O6/c1-4-7-10-13-16-19-22-25-28-30-32-34-35-36-37-39-40-42-45-48-51-54-57-60-63-66-72(75)78-69-70(68-77-71(74)65-62-59-56-53-50-47-44-27-24-21-18-15-12-9-6-3)79-73(76)67-64-61-58-55-52-49-46-43-41-38-33-31-29-26-23-20-17-14-11-8-5-2/h7,10,16,19,25,27-28,32,34,44,70H,4-6,8-9,11-15,17-18,20-24,26,29-31,33,35-43,45-69H2,1-3H3/b10-7-,19-16-,28-25-,34-32-,44-27-. The van der Waals surface area contributed by atoms with Crippen molar-refractivity contribution in [2.45, 2.75) is 374 Å². The van der Waals surface area contributed by atoms with E-state index in [0.29, 0.717) is 19.3 Å². The quantitative estimate of drug-likeness (QED) is 0.0261. The van der Waals surface area contributed by atoms with Gasteiger partial charge >= 0.3 is 17.9 Å². The largest absolute Gasteiger partial charge is 0.462 e. The molecule has 79 heavy (non-hydrogen) atoms. The number of carbonyl (C=O) groups is 3. The Labute approximate surface area is 491 Å². The van der Waals surface area contributed by atoms with Crippen LogP contribution in [0.25, 0.3) is 0 Å². The number of allylic oxidation sites excluding steroid dienone is 10. The second-order valence-electron chi connectivity index (χ2n) is 23.4. The van der Waals surface area contributed by atoms with Gasteiger partial charge in [0.1, 0.15) is 13.2 Å². The highest BCUT2D eigenvalue weighted by molar-refractivity contribution is 5.71. The molecule has 0 aliphatic carbocycles. The first-order chi connectivity index (χ1) is 39.0. The molecule has 0 rings (SSSR count). The van der Waals surface area contributed by atoms with Crippen LogP contribution in [0.3, 0.4) is 0 Å². The van der Waals surface area contributed by atoms with Gasteiger partial charge < -0.3 is 14.2 Å². The summed E-state index contributed by atoms with van der Waals surface area (Å²) >= 11 is 0. The van der Waals surface area contributed by atoms with Crippen molar-refractivity contribution in [3.63, 3.8) is 0 Å². The minimum atomic E-state index is -0.777. The molecule has 0 N–H and O–H groups in total. The summed E-state index contributed by atoms with van der Waals surface area (Å²) in [6.45, 7) is 6.58. The van der Waals surface area contributed by atoms with E-state index < -0.39 is 6.10 Å². The number of rotatable bonds is 64. The molecule has 0 aliphatic rings. The summed E-state index contributed by atoms with van der Waals surface area (Å²) in [6.07, 6.45) is 86.7. The fourth-order valence-corrected chi connectivity index (χ4v) is 10.3. The summed E-state index contributed by atoms with van der Waals surface area (Å²) in [5.41, 5.74) is 0. The number of carbonyl (C=O) groups excluding carboxylic acids is 3. The van der Waals surface area contributed by atoms with E-state index >= 15 is 0 Å². The number of ether oxygens (including phenoxy) is 3. The Morgan fingerprint density at radius 3 is 0.785 bits per heavy atom. The minimum absolute atomic E-state index is 0.0736. The molecule has 0 aromatic rings. The van der Waals surface area contributed by atoms with Gasteiger partial charge in [0.25, 0.3) is 0 Å². The molecule has 0 saturated carbocycles. The van der Waals surface area contributed by atoms with Gasteiger partial charge in [-0.25, -0.2) is 0 Å². The molecule has 0 aromatic carbocycles. The van der Waals surface area contributed by atoms with Crippen LogP contribution in [-0.4, -0.2) is 37.2 Å². The number of unbranched alkanes of at least 4 members (excludes halogenated alkanes) is 43. The van der Waals surface area contributed by atoms with Crippen molar-refractivity contribution in [2.24, 2.45) is 0 Å². The summed E-state index contributed by atoms with van der Waals surface area (Å²) in [4.78, 5) is 38.4. The van der Waals surface area contributed by atoms with Gasteiger partial charge in [-0.05, 0) is 83.5 Å². The van der Waals surface area contributed by atoms with E-state index in [1.54, 1.807) is 0 Å². The van der Waals surface area contributed by atoms with Gasteiger partial charge in [0, 0.05) is 19.3 Å².